The number of aliphatic carboxylic acids is 1. The van der Waals surface area contributed by atoms with E-state index in [2.05, 4.69) is 5.32 Å². The molecule has 4 aromatic rings. The number of carboxylic acid groups (broad SMARTS) is 1. The van der Waals surface area contributed by atoms with Gasteiger partial charge in [-0.2, -0.15) is 0 Å². The topological polar surface area (TPSA) is 136 Å². The number of pyridine rings is 1. The number of carboxylic acids is 1. The number of nitrogens with one attached hydrogen (secondary N) is 1. The lowest BCUT2D eigenvalue weighted by atomic mass is 9.96. The molecular weight excluding hydrogens is 574 g/mol. The lowest BCUT2D eigenvalue weighted by Gasteiger charge is -2.36. The lowest BCUT2D eigenvalue weighted by Crippen LogP contribution is -2.49. The predicted octanol–water partition coefficient (Wildman–Crippen LogP) is 3.55. The summed E-state index contributed by atoms with van der Waals surface area (Å²) in [5.41, 5.74) is 3.46. The number of methoxy groups -OCH3 is 1. The molecule has 1 amide bonds. The second-order valence-electron chi connectivity index (χ2n) is 10.5. The number of anilines is 1. The number of halogens is 1. The Kier molecular flexibility index (Phi) is 8.21. The van der Waals surface area contributed by atoms with Crippen LogP contribution in [0.25, 0.3) is 22.4 Å². The van der Waals surface area contributed by atoms with Crippen molar-refractivity contribution in [3.05, 3.63) is 97.3 Å². The highest BCUT2D eigenvalue weighted by molar-refractivity contribution is 6.36. The Morgan fingerprint density at radius 3 is 2.42 bits per heavy atom. The zero-order valence-corrected chi connectivity index (χ0v) is 24.8. The van der Waals surface area contributed by atoms with Crippen LogP contribution in [0.3, 0.4) is 0 Å². The molecule has 43 heavy (non-hydrogen) atoms. The molecule has 1 fully saturated rings. The Hall–Kier alpha value is -4.74. The number of hydrogen-bond acceptors (Lipinski definition) is 7. The highest BCUT2D eigenvalue weighted by Gasteiger charge is 2.33. The van der Waals surface area contributed by atoms with Crippen molar-refractivity contribution < 1.29 is 19.4 Å². The molecule has 2 aromatic heterocycles. The van der Waals surface area contributed by atoms with Crippen molar-refractivity contribution in [2.24, 2.45) is 20.0 Å². The minimum absolute atomic E-state index is 0.159. The van der Waals surface area contributed by atoms with Gasteiger partial charge < -0.3 is 19.7 Å². The first-order valence-corrected chi connectivity index (χ1v) is 13.8. The van der Waals surface area contributed by atoms with E-state index in [9.17, 15) is 19.2 Å². The van der Waals surface area contributed by atoms with Gasteiger partial charge in [-0.3, -0.25) is 23.9 Å². The van der Waals surface area contributed by atoms with E-state index in [0.29, 0.717) is 47.5 Å². The molecular formula is C31H30ClN5O6. The fourth-order valence-electron chi connectivity index (χ4n) is 5.17. The Morgan fingerprint density at radius 1 is 1.05 bits per heavy atom. The highest BCUT2D eigenvalue weighted by atomic mass is 35.5. The summed E-state index contributed by atoms with van der Waals surface area (Å²) in [5.74, 6) is -1.34. The summed E-state index contributed by atoms with van der Waals surface area (Å²) >= 11 is 6.96. The standard InChI is InChI=1S/C31H30ClN5O6/c1-17-20(7-6-10-24(17)33-27(38)23-16-35(2)31(42)36(3)29(23)39)21-8-5-9-22(26(21)32)25-12-11-18(28(34-25)43-4)13-37-14-19(15-37)30(40)41/h5-12,16,19H,13-15H2,1-4H3,(H,33,38)(H,40,41). The third-order valence-corrected chi connectivity index (χ3v) is 8.08. The number of aryl methyl sites for hydroxylation is 1. The number of carbonyl (C=O) groups is 2. The number of ether oxygens (including phenoxy) is 1. The number of hydrogen-bond donors (Lipinski definition) is 2. The van der Waals surface area contributed by atoms with Crippen LogP contribution >= 0.6 is 11.6 Å². The van der Waals surface area contributed by atoms with Gasteiger partial charge in [-0.05, 0) is 30.2 Å². The molecule has 0 atom stereocenters. The third-order valence-electron chi connectivity index (χ3n) is 7.67. The molecule has 222 valence electrons. The number of likely N-dealkylation sites (tertiary alicyclic amines) is 1. The average Bonchev–Trinajstić information content (AvgIpc) is 2.96. The van der Waals surface area contributed by atoms with Crippen LogP contribution in [0.15, 0.2) is 64.3 Å². The van der Waals surface area contributed by atoms with Crippen LogP contribution in [0.1, 0.15) is 21.5 Å². The zero-order valence-electron chi connectivity index (χ0n) is 24.1. The minimum Gasteiger partial charge on any atom is -0.481 e. The van der Waals surface area contributed by atoms with Crippen LogP contribution < -0.4 is 21.3 Å². The van der Waals surface area contributed by atoms with Crippen molar-refractivity contribution in [3.8, 4) is 28.3 Å². The van der Waals surface area contributed by atoms with E-state index in [-0.39, 0.29) is 11.5 Å². The molecule has 2 aromatic carbocycles. The summed E-state index contributed by atoms with van der Waals surface area (Å²) in [6.07, 6.45) is 1.22. The number of carbonyl (C=O) groups excluding carboxylic acids is 1. The molecule has 0 unspecified atom stereocenters. The van der Waals surface area contributed by atoms with E-state index in [4.69, 9.17) is 26.4 Å². The fraction of sp³-hybridized carbons (Fsp3) is 0.258. The van der Waals surface area contributed by atoms with Crippen molar-refractivity contribution >= 4 is 29.2 Å². The number of rotatable bonds is 8. The second-order valence-corrected chi connectivity index (χ2v) is 10.9. The molecule has 11 nitrogen and oxygen atoms in total. The molecule has 1 aliphatic heterocycles. The minimum atomic E-state index is -0.788. The number of aromatic nitrogens is 3. The molecule has 0 aliphatic carbocycles. The first kappa shape index (κ1) is 29.7. The maximum atomic E-state index is 13.1. The van der Waals surface area contributed by atoms with Gasteiger partial charge in [-0.25, -0.2) is 9.78 Å². The summed E-state index contributed by atoms with van der Waals surface area (Å²) in [5, 5.41) is 12.4. The third kappa shape index (κ3) is 5.69. The molecule has 3 heterocycles. The van der Waals surface area contributed by atoms with Gasteiger partial charge in [-0.1, -0.05) is 48.0 Å². The van der Waals surface area contributed by atoms with Crippen LogP contribution in [0, 0.1) is 12.8 Å². The van der Waals surface area contributed by atoms with Crippen LogP contribution in [-0.2, 0) is 25.4 Å². The Bertz CT molecular complexity index is 1880. The molecule has 1 aliphatic rings. The van der Waals surface area contributed by atoms with Crippen molar-refractivity contribution in [3.63, 3.8) is 0 Å². The van der Waals surface area contributed by atoms with Crippen molar-refractivity contribution in [2.75, 3.05) is 25.5 Å². The van der Waals surface area contributed by atoms with E-state index >= 15 is 0 Å². The Morgan fingerprint density at radius 2 is 1.72 bits per heavy atom. The largest absolute Gasteiger partial charge is 0.481 e. The fourth-order valence-corrected chi connectivity index (χ4v) is 5.49. The predicted molar refractivity (Wildman–Crippen MR) is 163 cm³/mol. The summed E-state index contributed by atoms with van der Waals surface area (Å²) in [4.78, 5) is 55.5. The highest BCUT2D eigenvalue weighted by Crippen LogP contribution is 2.39. The molecule has 0 spiro atoms. The van der Waals surface area contributed by atoms with Crippen molar-refractivity contribution in [1.82, 2.24) is 19.0 Å². The molecule has 2 N–H and O–H groups in total. The summed E-state index contributed by atoms with van der Waals surface area (Å²) in [6, 6.07) is 14.7. The molecule has 0 radical (unpaired) electrons. The monoisotopic (exact) mass is 603 g/mol. The molecule has 5 rings (SSSR count). The smallest absolute Gasteiger partial charge is 0.330 e. The summed E-state index contributed by atoms with van der Waals surface area (Å²) in [7, 11) is 4.33. The SMILES string of the molecule is COc1nc(-c2cccc(-c3cccc(NC(=O)c4cn(C)c(=O)n(C)c4=O)c3C)c2Cl)ccc1CN1CC(C(=O)O)C1. The van der Waals surface area contributed by atoms with Crippen LogP contribution in [0.2, 0.25) is 5.02 Å². The summed E-state index contributed by atoms with van der Waals surface area (Å²) < 4.78 is 7.63. The first-order valence-electron chi connectivity index (χ1n) is 13.5. The molecule has 0 bridgehead atoms. The Balaban J connectivity index is 1.43. The van der Waals surface area contributed by atoms with Gasteiger partial charge in [0.1, 0.15) is 5.56 Å². The van der Waals surface area contributed by atoms with Gasteiger partial charge in [0.15, 0.2) is 0 Å². The van der Waals surface area contributed by atoms with Crippen LogP contribution in [0.5, 0.6) is 5.88 Å². The Labute approximate surface area is 251 Å². The van der Waals surface area contributed by atoms with Gasteiger partial charge in [0.25, 0.3) is 11.5 Å². The normalized spacial score (nSPS) is 13.4. The van der Waals surface area contributed by atoms with E-state index in [1.54, 1.807) is 12.1 Å². The lowest BCUT2D eigenvalue weighted by molar-refractivity contribution is -0.147. The van der Waals surface area contributed by atoms with E-state index in [1.165, 1.54) is 32.0 Å². The molecule has 1 saturated heterocycles. The van der Waals surface area contributed by atoms with Gasteiger partial charge >= 0.3 is 11.7 Å². The van der Waals surface area contributed by atoms with Crippen molar-refractivity contribution in [2.45, 2.75) is 13.5 Å². The van der Waals surface area contributed by atoms with Gasteiger partial charge in [0, 0.05) is 62.3 Å². The second kappa shape index (κ2) is 11.9. The summed E-state index contributed by atoms with van der Waals surface area (Å²) in [6.45, 7) is 3.33. The van der Waals surface area contributed by atoms with Gasteiger partial charge in [-0.15, -0.1) is 0 Å². The average molecular weight is 604 g/mol. The maximum Gasteiger partial charge on any atom is 0.330 e. The van der Waals surface area contributed by atoms with Gasteiger partial charge in [0.2, 0.25) is 5.88 Å². The van der Waals surface area contributed by atoms with Crippen LogP contribution in [-0.4, -0.2) is 56.2 Å². The quantitative estimate of drug-likeness (QED) is 0.312. The number of benzene rings is 2. The number of amides is 1. The van der Waals surface area contributed by atoms with E-state index in [0.717, 1.165) is 26.8 Å². The zero-order chi connectivity index (χ0) is 31.0. The van der Waals surface area contributed by atoms with Gasteiger partial charge in [0.05, 0.1) is 23.7 Å². The molecule has 12 heteroatoms. The van der Waals surface area contributed by atoms with Crippen molar-refractivity contribution in [1.29, 1.82) is 0 Å². The first-order chi connectivity index (χ1) is 20.5. The van der Waals surface area contributed by atoms with E-state index < -0.39 is 23.1 Å². The van der Waals surface area contributed by atoms with Crippen LogP contribution in [0.4, 0.5) is 5.69 Å². The van der Waals surface area contributed by atoms with E-state index in [1.807, 2.05) is 48.2 Å². The number of nitrogens with zero attached hydrogens (tertiary/aromatic N) is 4. The molecule has 0 saturated carbocycles. The maximum absolute atomic E-state index is 13.1.